The van der Waals surface area contributed by atoms with E-state index in [0.717, 1.165) is 21.9 Å². The Morgan fingerprint density at radius 2 is 2.00 bits per heavy atom. The normalized spacial score (nSPS) is 8.82. The minimum atomic E-state index is -0.0512. The van der Waals surface area contributed by atoms with Crippen molar-refractivity contribution >= 4 is 10.8 Å². The first-order valence-electron chi connectivity index (χ1n) is 5.28. The van der Waals surface area contributed by atoms with Gasteiger partial charge in [-0.05, 0) is 19.4 Å². The van der Waals surface area contributed by atoms with Crippen molar-refractivity contribution < 1.29 is 0 Å². The summed E-state index contributed by atoms with van der Waals surface area (Å²) in [5.74, 6) is 5.83. The summed E-state index contributed by atoms with van der Waals surface area (Å²) in [7, 11) is 0. The number of fused-ring (bicyclic) bond motifs is 1. The van der Waals surface area contributed by atoms with Crippen LogP contribution in [0, 0.1) is 18.8 Å². The largest absolute Gasteiger partial charge is 0.327 e. The van der Waals surface area contributed by atoms with E-state index in [1.807, 2.05) is 25.1 Å². The number of aryl methyl sites for hydroxylation is 1. The van der Waals surface area contributed by atoms with E-state index >= 15 is 0 Å². The van der Waals surface area contributed by atoms with Crippen LogP contribution in [0.5, 0.6) is 0 Å². The molecule has 1 aromatic heterocycles. The van der Waals surface area contributed by atoms with Crippen molar-refractivity contribution in [2.24, 2.45) is 0 Å². The minimum Gasteiger partial charge on any atom is -0.327 e. The monoisotopic (exact) mass is 225 g/mol. The molecule has 1 aromatic carbocycles. The Kier molecular flexibility index (Phi) is 4.30. The molecule has 86 valence electrons. The highest BCUT2D eigenvalue weighted by Gasteiger charge is 2.04. The number of rotatable bonds is 0. The van der Waals surface area contributed by atoms with E-state index in [0.29, 0.717) is 0 Å². The summed E-state index contributed by atoms with van der Waals surface area (Å²) in [6.45, 7) is 9.72. The third kappa shape index (κ3) is 2.46. The highest BCUT2D eigenvalue weighted by Crippen LogP contribution is 2.16. The molecule has 0 saturated heterocycles. The molecule has 0 saturated carbocycles. The zero-order valence-electron chi connectivity index (χ0n) is 10.1. The SMILES string of the molecule is C=C.CC#Cc1c[nH]c(=O)c2c(C)cccc12. The number of hydrogen-bond donors (Lipinski definition) is 1. The van der Waals surface area contributed by atoms with Crippen molar-refractivity contribution in [3.63, 3.8) is 0 Å². The van der Waals surface area contributed by atoms with E-state index in [4.69, 9.17) is 0 Å². The highest BCUT2D eigenvalue weighted by molar-refractivity contribution is 5.89. The van der Waals surface area contributed by atoms with Crippen molar-refractivity contribution in [2.45, 2.75) is 13.8 Å². The molecule has 17 heavy (non-hydrogen) atoms. The highest BCUT2D eigenvalue weighted by atomic mass is 16.1. The van der Waals surface area contributed by atoms with Crippen molar-refractivity contribution in [3.8, 4) is 11.8 Å². The number of H-pyrrole nitrogens is 1. The first kappa shape index (κ1) is 12.8. The summed E-state index contributed by atoms with van der Waals surface area (Å²) in [6, 6.07) is 5.80. The third-order valence-electron chi connectivity index (χ3n) is 2.40. The lowest BCUT2D eigenvalue weighted by atomic mass is 10.0. The Hall–Kier alpha value is -2.27. The van der Waals surface area contributed by atoms with Gasteiger partial charge in [0.2, 0.25) is 0 Å². The molecule has 1 N–H and O–H groups in total. The summed E-state index contributed by atoms with van der Waals surface area (Å²) in [5, 5.41) is 1.66. The van der Waals surface area contributed by atoms with Crippen LogP contribution in [-0.4, -0.2) is 4.98 Å². The molecule has 1 heterocycles. The van der Waals surface area contributed by atoms with Gasteiger partial charge in [0, 0.05) is 17.1 Å². The zero-order valence-corrected chi connectivity index (χ0v) is 10.1. The summed E-state index contributed by atoms with van der Waals surface area (Å²) in [6.07, 6.45) is 1.67. The Morgan fingerprint density at radius 3 is 2.65 bits per heavy atom. The van der Waals surface area contributed by atoms with Crippen molar-refractivity contribution in [1.82, 2.24) is 4.98 Å². The van der Waals surface area contributed by atoms with Gasteiger partial charge in [-0.1, -0.05) is 24.1 Å². The zero-order chi connectivity index (χ0) is 12.8. The molecule has 0 atom stereocenters. The van der Waals surface area contributed by atoms with Crippen LogP contribution in [0.15, 0.2) is 42.3 Å². The molecule has 0 unspecified atom stereocenters. The second-order valence-electron chi connectivity index (χ2n) is 3.40. The van der Waals surface area contributed by atoms with Crippen molar-refractivity contribution in [1.29, 1.82) is 0 Å². The van der Waals surface area contributed by atoms with Gasteiger partial charge in [-0.15, -0.1) is 19.1 Å². The molecule has 2 rings (SSSR count). The van der Waals surface area contributed by atoms with Crippen LogP contribution in [0.25, 0.3) is 10.8 Å². The van der Waals surface area contributed by atoms with Gasteiger partial charge in [-0.25, -0.2) is 0 Å². The molecule has 0 radical (unpaired) electrons. The van der Waals surface area contributed by atoms with Crippen LogP contribution in [0.3, 0.4) is 0 Å². The number of aromatic amines is 1. The van der Waals surface area contributed by atoms with Gasteiger partial charge in [-0.2, -0.15) is 0 Å². The smallest absolute Gasteiger partial charge is 0.256 e. The van der Waals surface area contributed by atoms with Crippen LogP contribution in [0.4, 0.5) is 0 Å². The van der Waals surface area contributed by atoms with Crippen LogP contribution in [0.1, 0.15) is 18.1 Å². The Morgan fingerprint density at radius 1 is 1.29 bits per heavy atom. The fourth-order valence-corrected chi connectivity index (χ4v) is 1.72. The molecule has 0 spiro atoms. The molecule has 0 fully saturated rings. The Labute approximate surface area is 101 Å². The second-order valence-corrected chi connectivity index (χ2v) is 3.40. The van der Waals surface area contributed by atoms with Crippen LogP contribution >= 0.6 is 0 Å². The number of pyridine rings is 1. The molecule has 0 aliphatic rings. The number of benzene rings is 1. The molecule has 0 aliphatic carbocycles. The predicted octanol–water partition coefficient (Wildman–Crippen LogP) is 3.01. The second kappa shape index (κ2) is 5.72. The van der Waals surface area contributed by atoms with E-state index in [1.165, 1.54) is 0 Å². The lowest BCUT2D eigenvalue weighted by Crippen LogP contribution is -2.07. The molecule has 0 amide bonds. The number of hydrogen-bond acceptors (Lipinski definition) is 1. The minimum absolute atomic E-state index is 0.0512. The third-order valence-corrected chi connectivity index (χ3v) is 2.40. The topological polar surface area (TPSA) is 32.9 Å². The quantitative estimate of drug-likeness (QED) is 0.542. The molecule has 2 heteroatoms. The fourth-order valence-electron chi connectivity index (χ4n) is 1.72. The Bertz CT molecular complexity index is 641. The van der Waals surface area contributed by atoms with E-state index in [1.54, 1.807) is 13.1 Å². The molecule has 2 aromatic rings. The lowest BCUT2D eigenvalue weighted by molar-refractivity contribution is 1.26. The van der Waals surface area contributed by atoms with Crippen molar-refractivity contribution in [2.75, 3.05) is 0 Å². The number of nitrogens with one attached hydrogen (secondary N) is 1. The van der Waals surface area contributed by atoms with Gasteiger partial charge >= 0.3 is 0 Å². The van der Waals surface area contributed by atoms with Gasteiger partial charge < -0.3 is 4.98 Å². The Balaban J connectivity index is 0.000000686. The van der Waals surface area contributed by atoms with Gasteiger partial charge in [0.1, 0.15) is 0 Å². The van der Waals surface area contributed by atoms with Crippen LogP contribution < -0.4 is 5.56 Å². The van der Waals surface area contributed by atoms with Gasteiger partial charge in [0.15, 0.2) is 0 Å². The van der Waals surface area contributed by atoms with E-state index in [-0.39, 0.29) is 5.56 Å². The summed E-state index contributed by atoms with van der Waals surface area (Å²) < 4.78 is 0. The fraction of sp³-hybridized carbons (Fsp3) is 0.133. The molecule has 0 aliphatic heterocycles. The molecule has 2 nitrogen and oxygen atoms in total. The van der Waals surface area contributed by atoms with Gasteiger partial charge in [0.05, 0.1) is 5.39 Å². The molecule has 0 bridgehead atoms. The molecular formula is C15H15NO. The average Bonchev–Trinajstić information content (AvgIpc) is 2.35. The first-order chi connectivity index (χ1) is 8.24. The maximum Gasteiger partial charge on any atom is 0.256 e. The summed E-state index contributed by atoms with van der Waals surface area (Å²) in [5.41, 5.74) is 1.80. The molecular weight excluding hydrogens is 210 g/mol. The van der Waals surface area contributed by atoms with Gasteiger partial charge in [0.25, 0.3) is 5.56 Å². The first-order valence-corrected chi connectivity index (χ1v) is 5.28. The maximum atomic E-state index is 11.7. The van der Waals surface area contributed by atoms with Crippen LogP contribution in [0.2, 0.25) is 0 Å². The van der Waals surface area contributed by atoms with Gasteiger partial charge in [-0.3, -0.25) is 4.79 Å². The van der Waals surface area contributed by atoms with Crippen LogP contribution in [-0.2, 0) is 0 Å². The summed E-state index contributed by atoms with van der Waals surface area (Å²) >= 11 is 0. The van der Waals surface area contributed by atoms with E-state index < -0.39 is 0 Å². The maximum absolute atomic E-state index is 11.7. The average molecular weight is 225 g/mol. The number of aromatic nitrogens is 1. The summed E-state index contributed by atoms with van der Waals surface area (Å²) in [4.78, 5) is 14.4. The lowest BCUT2D eigenvalue weighted by Gasteiger charge is -2.02. The van der Waals surface area contributed by atoms with E-state index in [2.05, 4.69) is 30.0 Å². The predicted molar refractivity (Wildman–Crippen MR) is 73.1 cm³/mol. The standard InChI is InChI=1S/C13H11NO.C2H4/c1-3-5-10-8-14-13(15)12-9(2)6-4-7-11(10)12;1-2/h4,6-8H,1-2H3,(H,14,15);1-2H2. The van der Waals surface area contributed by atoms with Crippen molar-refractivity contribution in [3.05, 3.63) is 59.0 Å². The van der Waals surface area contributed by atoms with E-state index in [9.17, 15) is 4.79 Å².